The number of likely N-dealkylation sites (tertiary alicyclic amines) is 1. The predicted octanol–water partition coefficient (Wildman–Crippen LogP) is 2.79. The Labute approximate surface area is 173 Å². The molecule has 29 heavy (non-hydrogen) atoms. The lowest BCUT2D eigenvalue weighted by Crippen LogP contribution is -2.55. The zero-order valence-corrected chi connectivity index (χ0v) is 18.0. The maximum Gasteiger partial charge on any atom is 0.311 e. The number of hydrogen-bond donors (Lipinski definition) is 0. The average molecular weight is 406 g/mol. The van der Waals surface area contributed by atoms with Crippen LogP contribution in [0, 0.1) is 29.1 Å². The Morgan fingerprint density at radius 3 is 2.93 bits per heavy atom. The molecule has 3 heterocycles. The molecular formula is C23H35NO5. The number of carbonyl (C=O) groups excluding carboxylic acids is 2. The fraction of sp³-hybridized carbons (Fsp3) is 0.913. The summed E-state index contributed by atoms with van der Waals surface area (Å²) in [5.41, 5.74) is 0.0831. The summed E-state index contributed by atoms with van der Waals surface area (Å²) in [5, 5.41) is 0. The molecule has 0 amide bonds. The molecule has 0 radical (unpaired) electrons. The van der Waals surface area contributed by atoms with Crippen molar-refractivity contribution in [3.63, 3.8) is 0 Å². The van der Waals surface area contributed by atoms with Crippen LogP contribution in [0.15, 0.2) is 0 Å². The van der Waals surface area contributed by atoms with Gasteiger partial charge in [-0.2, -0.15) is 0 Å². The summed E-state index contributed by atoms with van der Waals surface area (Å²) < 4.78 is 17.7. The molecule has 5 aliphatic rings. The van der Waals surface area contributed by atoms with Crippen molar-refractivity contribution in [2.45, 2.75) is 77.1 Å². The molecule has 5 rings (SSSR count). The lowest BCUT2D eigenvalue weighted by Gasteiger charge is -2.49. The number of piperidine rings is 1. The molecule has 1 spiro atoms. The third-order valence-electron chi connectivity index (χ3n) is 8.77. The van der Waals surface area contributed by atoms with Crippen molar-refractivity contribution in [2.75, 3.05) is 26.2 Å². The molecule has 0 aromatic carbocycles. The van der Waals surface area contributed by atoms with E-state index in [-0.39, 0.29) is 52.9 Å². The van der Waals surface area contributed by atoms with E-state index in [0.717, 1.165) is 25.8 Å². The molecule has 0 aromatic rings. The van der Waals surface area contributed by atoms with E-state index in [1.54, 1.807) is 0 Å². The Morgan fingerprint density at radius 1 is 1.31 bits per heavy atom. The van der Waals surface area contributed by atoms with Gasteiger partial charge in [-0.1, -0.05) is 20.3 Å². The molecule has 8 atom stereocenters. The largest absolute Gasteiger partial charge is 0.466 e. The minimum Gasteiger partial charge on any atom is -0.466 e. The quantitative estimate of drug-likeness (QED) is 0.529. The van der Waals surface area contributed by atoms with E-state index in [0.29, 0.717) is 25.6 Å². The van der Waals surface area contributed by atoms with Gasteiger partial charge in [0, 0.05) is 24.4 Å². The highest BCUT2D eigenvalue weighted by Crippen LogP contribution is 2.70. The van der Waals surface area contributed by atoms with Gasteiger partial charge in [-0.15, -0.1) is 0 Å². The molecule has 0 aromatic heterocycles. The zero-order valence-electron chi connectivity index (χ0n) is 18.0. The van der Waals surface area contributed by atoms with E-state index in [1.807, 2.05) is 6.92 Å². The van der Waals surface area contributed by atoms with Crippen LogP contribution in [0.4, 0.5) is 0 Å². The normalized spacial score (nSPS) is 48.9. The number of hydrogen-bond acceptors (Lipinski definition) is 6. The Hall–Kier alpha value is -1.14. The fourth-order valence-electron chi connectivity index (χ4n) is 7.39. The molecule has 0 unspecified atom stereocenters. The molecule has 0 N–H and O–H groups in total. The third kappa shape index (κ3) is 2.88. The van der Waals surface area contributed by atoms with Gasteiger partial charge < -0.3 is 19.1 Å². The highest BCUT2D eigenvalue weighted by atomic mass is 16.6. The first-order chi connectivity index (χ1) is 13.9. The van der Waals surface area contributed by atoms with E-state index >= 15 is 0 Å². The van der Waals surface area contributed by atoms with E-state index in [1.165, 1.54) is 19.3 Å². The second kappa shape index (κ2) is 6.94. The van der Waals surface area contributed by atoms with Gasteiger partial charge in [0.1, 0.15) is 11.7 Å². The van der Waals surface area contributed by atoms with Gasteiger partial charge in [-0.25, -0.2) is 0 Å². The van der Waals surface area contributed by atoms with Gasteiger partial charge in [0.2, 0.25) is 0 Å². The summed E-state index contributed by atoms with van der Waals surface area (Å²) in [7, 11) is 0. The SMILES string of the molecule is CCOC(=O)[C@@H]1CCCN(C[C@@H]2C(=O)O[C@@H]3C[C@@]4(C)CCC[C@H](C)[C@]45O[C@@H]5[C@H]23)C1. The summed E-state index contributed by atoms with van der Waals surface area (Å²) in [5.74, 6) is 0.347. The highest BCUT2D eigenvalue weighted by molar-refractivity contribution is 5.76. The molecule has 2 saturated carbocycles. The number of rotatable bonds is 4. The molecular weight excluding hydrogens is 370 g/mol. The third-order valence-corrected chi connectivity index (χ3v) is 8.77. The molecule has 3 aliphatic heterocycles. The number of fused-ring (bicyclic) bond motifs is 2. The highest BCUT2D eigenvalue weighted by Gasteiger charge is 2.78. The van der Waals surface area contributed by atoms with Crippen molar-refractivity contribution < 1.29 is 23.8 Å². The topological polar surface area (TPSA) is 68.4 Å². The Kier molecular flexibility index (Phi) is 4.74. The summed E-state index contributed by atoms with van der Waals surface area (Å²) in [4.78, 5) is 27.4. The zero-order chi connectivity index (χ0) is 20.4. The van der Waals surface area contributed by atoms with Crippen LogP contribution in [0.2, 0.25) is 0 Å². The van der Waals surface area contributed by atoms with Crippen LogP contribution in [-0.2, 0) is 23.8 Å². The van der Waals surface area contributed by atoms with Gasteiger partial charge in [-0.3, -0.25) is 9.59 Å². The first-order valence-electron chi connectivity index (χ1n) is 11.7. The van der Waals surface area contributed by atoms with Gasteiger partial charge >= 0.3 is 11.9 Å². The first kappa shape index (κ1) is 19.8. The lowest BCUT2D eigenvalue weighted by molar-refractivity contribution is -0.150. The van der Waals surface area contributed by atoms with Crippen LogP contribution >= 0.6 is 0 Å². The van der Waals surface area contributed by atoms with Crippen LogP contribution in [0.5, 0.6) is 0 Å². The standard InChI is InChI=1S/C23H35NO5/c1-4-27-20(25)15-8-6-10-24(12-15)13-16-18-17(28-21(16)26)11-22(3)9-5-7-14(2)23(22)19(18)29-23/h14-19H,4-13H2,1-3H3/t14-,15+,16-,17+,18+,19+,22+,23+/m0/s1. The van der Waals surface area contributed by atoms with E-state index in [9.17, 15) is 9.59 Å². The van der Waals surface area contributed by atoms with E-state index in [2.05, 4.69) is 18.7 Å². The van der Waals surface area contributed by atoms with Crippen molar-refractivity contribution >= 4 is 11.9 Å². The van der Waals surface area contributed by atoms with Crippen molar-refractivity contribution in [1.82, 2.24) is 4.90 Å². The number of nitrogens with zero attached hydrogens (tertiary/aromatic N) is 1. The second-order valence-electron chi connectivity index (χ2n) is 10.4. The van der Waals surface area contributed by atoms with Crippen LogP contribution in [0.1, 0.15) is 59.3 Å². The maximum absolute atomic E-state index is 12.9. The first-order valence-corrected chi connectivity index (χ1v) is 11.7. The fourth-order valence-corrected chi connectivity index (χ4v) is 7.39. The molecule has 6 nitrogen and oxygen atoms in total. The van der Waals surface area contributed by atoms with E-state index < -0.39 is 0 Å². The maximum atomic E-state index is 12.9. The van der Waals surface area contributed by atoms with Crippen molar-refractivity contribution in [3.8, 4) is 0 Å². The molecule has 3 saturated heterocycles. The van der Waals surface area contributed by atoms with Gasteiger partial charge in [0.05, 0.1) is 24.5 Å². The second-order valence-corrected chi connectivity index (χ2v) is 10.4. The Bertz CT molecular complexity index is 697. The van der Waals surface area contributed by atoms with Crippen molar-refractivity contribution in [3.05, 3.63) is 0 Å². The summed E-state index contributed by atoms with van der Waals surface area (Å²) in [6.07, 6.45) is 6.57. The van der Waals surface area contributed by atoms with Crippen molar-refractivity contribution in [1.29, 1.82) is 0 Å². The summed E-state index contributed by atoms with van der Waals surface area (Å²) in [6.45, 7) is 9.25. The molecule has 2 aliphatic carbocycles. The number of carbonyl (C=O) groups is 2. The van der Waals surface area contributed by atoms with E-state index in [4.69, 9.17) is 14.2 Å². The van der Waals surface area contributed by atoms with Gasteiger partial charge in [0.15, 0.2) is 0 Å². The monoisotopic (exact) mass is 405 g/mol. The minimum absolute atomic E-state index is 0.00549. The number of ether oxygens (including phenoxy) is 3. The van der Waals surface area contributed by atoms with Gasteiger partial charge in [-0.05, 0) is 51.5 Å². The smallest absolute Gasteiger partial charge is 0.311 e. The average Bonchev–Trinajstić information content (AvgIpc) is 3.37. The Balaban J connectivity index is 1.31. The van der Waals surface area contributed by atoms with Gasteiger partial charge in [0.25, 0.3) is 0 Å². The lowest BCUT2D eigenvalue weighted by atomic mass is 9.53. The molecule has 6 heteroatoms. The van der Waals surface area contributed by atoms with Crippen LogP contribution in [0.25, 0.3) is 0 Å². The minimum atomic E-state index is -0.135. The van der Waals surface area contributed by atoms with Crippen molar-refractivity contribution in [2.24, 2.45) is 29.1 Å². The Morgan fingerprint density at radius 2 is 2.14 bits per heavy atom. The number of epoxide rings is 1. The van der Waals surface area contributed by atoms with Crippen LogP contribution in [-0.4, -0.2) is 60.9 Å². The predicted molar refractivity (Wildman–Crippen MR) is 106 cm³/mol. The molecule has 162 valence electrons. The summed E-state index contributed by atoms with van der Waals surface area (Å²) >= 11 is 0. The van der Waals surface area contributed by atoms with Crippen LogP contribution in [0.3, 0.4) is 0 Å². The molecule has 5 fully saturated rings. The number of esters is 2. The summed E-state index contributed by atoms with van der Waals surface area (Å²) in [6, 6.07) is 0. The van der Waals surface area contributed by atoms with Crippen LogP contribution < -0.4 is 0 Å². The molecule has 0 bridgehead atoms.